The zero-order valence-electron chi connectivity index (χ0n) is 8.55. The minimum Gasteiger partial charge on any atom is -0.342 e. The Morgan fingerprint density at radius 2 is 1.81 bits per heavy atom. The van der Waals surface area contributed by atoms with E-state index in [2.05, 4.69) is 4.98 Å². The van der Waals surface area contributed by atoms with Gasteiger partial charge in [0, 0.05) is 5.56 Å². The molecule has 16 heavy (non-hydrogen) atoms. The van der Waals surface area contributed by atoms with Crippen LogP contribution in [0.1, 0.15) is 21.6 Å². The molecule has 1 aromatic heterocycles. The van der Waals surface area contributed by atoms with Crippen LogP contribution in [0.25, 0.3) is 0 Å². The number of hydrogen-bond acceptors (Lipinski definition) is 1. The van der Waals surface area contributed by atoms with Crippen LogP contribution in [0.2, 0.25) is 10.2 Å². The smallest absolute Gasteiger partial charge is 0.209 e. The molecule has 0 aliphatic rings. The molecule has 0 aliphatic heterocycles. The number of H-pyrrole nitrogens is 1. The highest BCUT2D eigenvalue weighted by Crippen LogP contribution is 2.23. The molecule has 1 aromatic carbocycles. The molecule has 0 spiro atoms. The highest BCUT2D eigenvalue weighted by molar-refractivity contribution is 6.41. The monoisotopic (exact) mass is 253 g/mol. The Morgan fingerprint density at radius 1 is 1.19 bits per heavy atom. The van der Waals surface area contributed by atoms with Gasteiger partial charge < -0.3 is 4.98 Å². The molecule has 0 amide bonds. The second-order valence-electron chi connectivity index (χ2n) is 3.54. The van der Waals surface area contributed by atoms with Crippen molar-refractivity contribution in [2.24, 2.45) is 0 Å². The van der Waals surface area contributed by atoms with Gasteiger partial charge in [0.2, 0.25) is 5.78 Å². The van der Waals surface area contributed by atoms with Crippen LogP contribution in [0.15, 0.2) is 30.3 Å². The highest BCUT2D eigenvalue weighted by Gasteiger charge is 2.13. The maximum absolute atomic E-state index is 12.0. The molecular weight excluding hydrogens is 245 g/mol. The lowest BCUT2D eigenvalue weighted by atomic mass is 10.1. The van der Waals surface area contributed by atoms with E-state index in [1.807, 2.05) is 19.1 Å². The lowest BCUT2D eigenvalue weighted by molar-refractivity contribution is 0.103. The van der Waals surface area contributed by atoms with Crippen molar-refractivity contribution >= 4 is 29.0 Å². The molecule has 1 N–H and O–H groups in total. The lowest BCUT2D eigenvalue weighted by Crippen LogP contribution is -2.01. The number of nitrogens with one attached hydrogen (secondary N) is 1. The molecule has 0 radical (unpaired) electrons. The van der Waals surface area contributed by atoms with Crippen LogP contribution in [0.3, 0.4) is 0 Å². The van der Waals surface area contributed by atoms with Gasteiger partial charge in [0.25, 0.3) is 0 Å². The Bertz CT molecular complexity index is 509. The first-order chi connectivity index (χ1) is 7.58. The predicted octanol–water partition coefficient (Wildman–Crippen LogP) is 3.86. The van der Waals surface area contributed by atoms with E-state index in [0.717, 1.165) is 5.56 Å². The molecule has 82 valence electrons. The van der Waals surface area contributed by atoms with Crippen molar-refractivity contribution in [3.8, 4) is 0 Å². The van der Waals surface area contributed by atoms with E-state index in [1.165, 1.54) is 6.07 Å². The maximum atomic E-state index is 12.0. The van der Waals surface area contributed by atoms with Crippen molar-refractivity contribution in [1.29, 1.82) is 0 Å². The third kappa shape index (κ3) is 2.13. The van der Waals surface area contributed by atoms with Gasteiger partial charge in [-0.1, -0.05) is 53.0 Å². The van der Waals surface area contributed by atoms with E-state index in [1.54, 1.807) is 12.1 Å². The largest absolute Gasteiger partial charge is 0.342 e. The van der Waals surface area contributed by atoms with Crippen molar-refractivity contribution in [3.63, 3.8) is 0 Å². The number of rotatable bonds is 2. The van der Waals surface area contributed by atoms with E-state index >= 15 is 0 Å². The predicted molar refractivity (Wildman–Crippen MR) is 65.4 cm³/mol. The van der Waals surface area contributed by atoms with Gasteiger partial charge in [-0.15, -0.1) is 0 Å². The second-order valence-corrected chi connectivity index (χ2v) is 4.33. The number of benzene rings is 1. The molecule has 0 fully saturated rings. The molecule has 0 bridgehead atoms. The Morgan fingerprint density at radius 3 is 2.31 bits per heavy atom. The van der Waals surface area contributed by atoms with Crippen molar-refractivity contribution in [2.45, 2.75) is 6.92 Å². The number of aryl methyl sites for hydroxylation is 1. The average molecular weight is 254 g/mol. The molecular formula is C12H9Cl2NO. The average Bonchev–Trinajstić information content (AvgIpc) is 2.59. The summed E-state index contributed by atoms with van der Waals surface area (Å²) in [6.07, 6.45) is 0. The minimum absolute atomic E-state index is 0.117. The molecule has 0 atom stereocenters. The van der Waals surface area contributed by atoms with Crippen molar-refractivity contribution in [2.75, 3.05) is 0 Å². The van der Waals surface area contributed by atoms with Gasteiger partial charge in [-0.05, 0) is 13.0 Å². The van der Waals surface area contributed by atoms with Crippen LogP contribution in [0.5, 0.6) is 0 Å². The number of hydrogen-bond donors (Lipinski definition) is 1. The summed E-state index contributed by atoms with van der Waals surface area (Å²) in [5, 5.41) is 0.647. The lowest BCUT2D eigenvalue weighted by Gasteiger charge is -1.98. The van der Waals surface area contributed by atoms with Gasteiger partial charge >= 0.3 is 0 Å². The van der Waals surface area contributed by atoms with E-state index < -0.39 is 0 Å². The summed E-state index contributed by atoms with van der Waals surface area (Å²) in [4.78, 5) is 14.7. The van der Waals surface area contributed by atoms with Crippen molar-refractivity contribution in [3.05, 3.63) is 57.3 Å². The SMILES string of the molecule is Cc1ccc(C(=O)c2cc(Cl)c(Cl)[nH]2)cc1. The first kappa shape index (κ1) is 11.2. The number of carbonyl (C=O) groups is 1. The summed E-state index contributed by atoms with van der Waals surface area (Å²) in [7, 11) is 0. The Hall–Kier alpha value is -1.25. The molecule has 0 unspecified atom stereocenters. The summed E-state index contributed by atoms with van der Waals surface area (Å²) in [5.74, 6) is -0.117. The van der Waals surface area contributed by atoms with Gasteiger partial charge in [0.05, 0.1) is 10.7 Å². The number of carbonyl (C=O) groups excluding carboxylic acids is 1. The highest BCUT2D eigenvalue weighted by atomic mass is 35.5. The van der Waals surface area contributed by atoms with Gasteiger partial charge in [-0.25, -0.2) is 0 Å². The van der Waals surface area contributed by atoms with Crippen LogP contribution < -0.4 is 0 Å². The Kier molecular flexibility index (Phi) is 3.03. The summed E-state index contributed by atoms with van der Waals surface area (Å²) in [6, 6.07) is 8.87. The molecule has 0 saturated carbocycles. The summed E-state index contributed by atoms with van der Waals surface area (Å²) >= 11 is 11.5. The molecule has 0 aliphatic carbocycles. The van der Waals surface area contributed by atoms with E-state index in [-0.39, 0.29) is 10.9 Å². The first-order valence-corrected chi connectivity index (χ1v) is 5.49. The summed E-state index contributed by atoms with van der Waals surface area (Å²) in [6.45, 7) is 1.97. The number of halogens is 2. The quantitative estimate of drug-likeness (QED) is 0.811. The number of ketones is 1. The van der Waals surface area contributed by atoms with Gasteiger partial charge in [-0.3, -0.25) is 4.79 Å². The molecule has 0 saturated heterocycles. The fourth-order valence-corrected chi connectivity index (χ4v) is 1.70. The van der Waals surface area contributed by atoms with E-state index in [0.29, 0.717) is 16.3 Å². The van der Waals surface area contributed by atoms with E-state index in [4.69, 9.17) is 23.2 Å². The van der Waals surface area contributed by atoms with Gasteiger partial charge in [0.15, 0.2) is 0 Å². The van der Waals surface area contributed by atoms with Crippen LogP contribution in [-0.2, 0) is 0 Å². The maximum Gasteiger partial charge on any atom is 0.209 e. The van der Waals surface area contributed by atoms with Crippen LogP contribution >= 0.6 is 23.2 Å². The summed E-state index contributed by atoms with van der Waals surface area (Å²) < 4.78 is 0. The molecule has 2 rings (SSSR count). The third-order valence-corrected chi connectivity index (χ3v) is 2.98. The molecule has 2 aromatic rings. The van der Waals surface area contributed by atoms with Gasteiger partial charge in [0.1, 0.15) is 5.15 Å². The molecule has 1 heterocycles. The standard InChI is InChI=1S/C12H9Cl2NO/c1-7-2-4-8(5-3-7)11(16)10-6-9(13)12(14)15-10/h2-6,15H,1H3. The minimum atomic E-state index is -0.117. The van der Waals surface area contributed by atoms with Gasteiger partial charge in [-0.2, -0.15) is 0 Å². The summed E-state index contributed by atoms with van der Waals surface area (Å²) in [5.41, 5.74) is 2.12. The first-order valence-electron chi connectivity index (χ1n) is 4.73. The normalized spacial score (nSPS) is 10.4. The molecule has 2 nitrogen and oxygen atoms in total. The fraction of sp³-hybridized carbons (Fsp3) is 0.0833. The Balaban J connectivity index is 2.35. The molecule has 4 heteroatoms. The number of aromatic amines is 1. The third-order valence-electron chi connectivity index (χ3n) is 2.28. The fourth-order valence-electron chi connectivity index (χ4n) is 1.39. The number of aromatic nitrogens is 1. The topological polar surface area (TPSA) is 32.9 Å². The van der Waals surface area contributed by atoms with Crippen molar-refractivity contribution in [1.82, 2.24) is 4.98 Å². The zero-order chi connectivity index (χ0) is 11.7. The Labute approximate surface area is 103 Å². The van der Waals surface area contributed by atoms with Crippen LogP contribution in [0.4, 0.5) is 0 Å². The van der Waals surface area contributed by atoms with Crippen LogP contribution in [0, 0.1) is 6.92 Å². The van der Waals surface area contributed by atoms with E-state index in [9.17, 15) is 4.79 Å². The van der Waals surface area contributed by atoms with Crippen molar-refractivity contribution < 1.29 is 4.79 Å². The second kappa shape index (κ2) is 4.32. The van der Waals surface area contributed by atoms with Crippen LogP contribution in [-0.4, -0.2) is 10.8 Å². The zero-order valence-corrected chi connectivity index (χ0v) is 10.1.